The molecule has 1 aliphatic carbocycles. The third kappa shape index (κ3) is 7.27. The SMILES string of the molecule is CCC(C)C.CC[C@H](C)CN(C)C1CCC1. The van der Waals surface area contributed by atoms with Crippen molar-refractivity contribution in [2.45, 2.75) is 72.8 Å². The molecule has 0 aromatic heterocycles. The van der Waals surface area contributed by atoms with E-state index in [0.717, 1.165) is 17.9 Å². The predicted molar refractivity (Wildman–Crippen MR) is 74.9 cm³/mol. The molecule has 1 saturated carbocycles. The van der Waals surface area contributed by atoms with Crippen molar-refractivity contribution in [3.8, 4) is 0 Å². The molecule has 0 aliphatic heterocycles. The molecule has 1 aliphatic rings. The topological polar surface area (TPSA) is 3.24 Å². The molecule has 1 heteroatoms. The fraction of sp³-hybridized carbons (Fsp3) is 1.00. The Morgan fingerprint density at radius 3 is 1.81 bits per heavy atom. The summed E-state index contributed by atoms with van der Waals surface area (Å²) in [5.74, 6) is 1.76. The molecule has 0 aromatic carbocycles. The lowest BCUT2D eigenvalue weighted by molar-refractivity contribution is 0.140. The van der Waals surface area contributed by atoms with Gasteiger partial charge >= 0.3 is 0 Å². The Labute approximate surface area is 104 Å². The van der Waals surface area contributed by atoms with Crippen molar-refractivity contribution in [2.24, 2.45) is 11.8 Å². The minimum Gasteiger partial charge on any atom is -0.303 e. The highest BCUT2D eigenvalue weighted by Crippen LogP contribution is 2.24. The third-order valence-electron chi connectivity index (χ3n) is 3.81. The summed E-state index contributed by atoms with van der Waals surface area (Å²) in [6.45, 7) is 12.6. The third-order valence-corrected chi connectivity index (χ3v) is 3.81. The summed E-state index contributed by atoms with van der Waals surface area (Å²) in [6.07, 6.45) is 6.95. The van der Waals surface area contributed by atoms with E-state index in [2.05, 4.69) is 46.6 Å². The fourth-order valence-corrected chi connectivity index (χ4v) is 1.60. The largest absolute Gasteiger partial charge is 0.303 e. The van der Waals surface area contributed by atoms with E-state index in [9.17, 15) is 0 Å². The molecule has 0 bridgehead atoms. The molecule has 1 atom stereocenters. The summed E-state index contributed by atoms with van der Waals surface area (Å²) in [5, 5.41) is 0. The molecule has 0 aromatic rings. The molecular formula is C15H33N. The molecule has 0 radical (unpaired) electrons. The van der Waals surface area contributed by atoms with Crippen molar-refractivity contribution in [3.63, 3.8) is 0 Å². The Morgan fingerprint density at radius 1 is 1.06 bits per heavy atom. The van der Waals surface area contributed by atoms with E-state index in [1.807, 2.05) is 0 Å². The normalized spacial score (nSPS) is 18.0. The summed E-state index contributed by atoms with van der Waals surface area (Å²) >= 11 is 0. The number of nitrogens with zero attached hydrogens (tertiary/aromatic N) is 1. The van der Waals surface area contributed by atoms with E-state index in [-0.39, 0.29) is 0 Å². The quantitative estimate of drug-likeness (QED) is 0.665. The molecule has 1 fully saturated rings. The van der Waals surface area contributed by atoms with Gasteiger partial charge in [-0.3, -0.25) is 0 Å². The van der Waals surface area contributed by atoms with E-state index in [1.165, 1.54) is 38.6 Å². The van der Waals surface area contributed by atoms with Gasteiger partial charge in [0.05, 0.1) is 0 Å². The Hall–Kier alpha value is -0.0400. The number of hydrogen-bond donors (Lipinski definition) is 0. The molecule has 0 saturated heterocycles. The zero-order valence-corrected chi connectivity index (χ0v) is 12.4. The molecule has 0 unspecified atom stereocenters. The van der Waals surface area contributed by atoms with Gasteiger partial charge in [0.2, 0.25) is 0 Å². The van der Waals surface area contributed by atoms with Crippen LogP contribution >= 0.6 is 0 Å². The van der Waals surface area contributed by atoms with Crippen LogP contribution in [0.3, 0.4) is 0 Å². The van der Waals surface area contributed by atoms with Gasteiger partial charge in [0.1, 0.15) is 0 Å². The van der Waals surface area contributed by atoms with Crippen LogP contribution in [0.15, 0.2) is 0 Å². The van der Waals surface area contributed by atoms with Crippen molar-refractivity contribution in [3.05, 3.63) is 0 Å². The first-order chi connectivity index (χ1) is 7.51. The highest BCUT2D eigenvalue weighted by molar-refractivity contribution is 4.78. The zero-order valence-electron chi connectivity index (χ0n) is 12.4. The minimum atomic E-state index is 0.876. The summed E-state index contributed by atoms with van der Waals surface area (Å²) in [7, 11) is 2.27. The molecule has 0 N–H and O–H groups in total. The van der Waals surface area contributed by atoms with Gasteiger partial charge in [-0.2, -0.15) is 0 Å². The summed E-state index contributed by atoms with van der Waals surface area (Å²) in [4.78, 5) is 2.54. The van der Waals surface area contributed by atoms with Crippen molar-refractivity contribution in [2.75, 3.05) is 13.6 Å². The van der Waals surface area contributed by atoms with Crippen molar-refractivity contribution >= 4 is 0 Å². The lowest BCUT2D eigenvalue weighted by Gasteiger charge is -2.36. The van der Waals surface area contributed by atoms with Crippen molar-refractivity contribution < 1.29 is 0 Å². The van der Waals surface area contributed by atoms with E-state index in [1.54, 1.807) is 0 Å². The van der Waals surface area contributed by atoms with Gasteiger partial charge in [0.15, 0.2) is 0 Å². The Bertz CT molecular complexity index is 150. The number of rotatable bonds is 5. The van der Waals surface area contributed by atoms with Crippen molar-refractivity contribution in [1.29, 1.82) is 0 Å². The molecule has 0 heterocycles. The van der Waals surface area contributed by atoms with Gasteiger partial charge in [0, 0.05) is 12.6 Å². The van der Waals surface area contributed by atoms with Crippen LogP contribution in [0.5, 0.6) is 0 Å². The second-order valence-electron chi connectivity index (χ2n) is 5.84. The lowest BCUT2D eigenvalue weighted by atomic mass is 9.91. The first kappa shape index (κ1) is 16.0. The predicted octanol–water partition coefficient (Wildman–Crippen LogP) is 4.57. The van der Waals surface area contributed by atoms with E-state index in [0.29, 0.717) is 0 Å². The molecule has 0 spiro atoms. The minimum absolute atomic E-state index is 0.876. The smallest absolute Gasteiger partial charge is 0.00923 e. The maximum Gasteiger partial charge on any atom is 0.00923 e. The highest BCUT2D eigenvalue weighted by atomic mass is 15.1. The average molecular weight is 227 g/mol. The van der Waals surface area contributed by atoms with Crippen LogP contribution in [0.4, 0.5) is 0 Å². The van der Waals surface area contributed by atoms with Crippen molar-refractivity contribution in [1.82, 2.24) is 4.90 Å². The van der Waals surface area contributed by atoms with E-state index in [4.69, 9.17) is 0 Å². The lowest BCUT2D eigenvalue weighted by Crippen LogP contribution is -2.39. The van der Waals surface area contributed by atoms with E-state index < -0.39 is 0 Å². The monoisotopic (exact) mass is 227 g/mol. The first-order valence-electron chi connectivity index (χ1n) is 7.21. The van der Waals surface area contributed by atoms with Gasteiger partial charge in [0.25, 0.3) is 0 Å². The van der Waals surface area contributed by atoms with Crippen LogP contribution in [-0.4, -0.2) is 24.5 Å². The second kappa shape index (κ2) is 9.04. The second-order valence-corrected chi connectivity index (χ2v) is 5.84. The Kier molecular flexibility index (Phi) is 9.02. The molecule has 98 valence electrons. The molecule has 16 heavy (non-hydrogen) atoms. The zero-order chi connectivity index (χ0) is 12.6. The fourth-order valence-electron chi connectivity index (χ4n) is 1.60. The van der Waals surface area contributed by atoms with Crippen LogP contribution in [0, 0.1) is 11.8 Å². The molecular weight excluding hydrogens is 194 g/mol. The summed E-state index contributed by atoms with van der Waals surface area (Å²) in [5.41, 5.74) is 0. The van der Waals surface area contributed by atoms with Gasteiger partial charge in [-0.25, -0.2) is 0 Å². The maximum absolute atomic E-state index is 2.54. The Balaban J connectivity index is 0.000000385. The molecule has 1 nitrogen and oxygen atoms in total. The van der Waals surface area contributed by atoms with E-state index >= 15 is 0 Å². The van der Waals surface area contributed by atoms with Gasteiger partial charge in [-0.1, -0.05) is 53.9 Å². The Morgan fingerprint density at radius 2 is 1.56 bits per heavy atom. The van der Waals surface area contributed by atoms with Crippen LogP contribution in [0.2, 0.25) is 0 Å². The summed E-state index contributed by atoms with van der Waals surface area (Å²) < 4.78 is 0. The van der Waals surface area contributed by atoms with Crippen LogP contribution in [0.1, 0.15) is 66.7 Å². The van der Waals surface area contributed by atoms with Gasteiger partial charge in [-0.15, -0.1) is 0 Å². The highest BCUT2D eigenvalue weighted by Gasteiger charge is 2.22. The molecule has 0 amide bonds. The van der Waals surface area contributed by atoms with Crippen LogP contribution < -0.4 is 0 Å². The van der Waals surface area contributed by atoms with Gasteiger partial charge < -0.3 is 4.90 Å². The molecule has 1 rings (SSSR count). The van der Waals surface area contributed by atoms with Crippen LogP contribution in [-0.2, 0) is 0 Å². The summed E-state index contributed by atoms with van der Waals surface area (Å²) in [6, 6.07) is 0.920. The maximum atomic E-state index is 2.54. The number of hydrogen-bond acceptors (Lipinski definition) is 1. The average Bonchev–Trinajstić information content (AvgIpc) is 2.15. The first-order valence-corrected chi connectivity index (χ1v) is 7.21. The van der Waals surface area contributed by atoms with Gasteiger partial charge in [-0.05, 0) is 31.7 Å². The standard InChI is InChI=1S/C10H21N.C5H12/c1-4-9(2)8-11(3)10-6-5-7-10;1-4-5(2)3/h9-10H,4-8H2,1-3H3;5H,4H2,1-3H3/t9-;/m0./s1. The van der Waals surface area contributed by atoms with Crippen LogP contribution in [0.25, 0.3) is 0 Å².